The van der Waals surface area contributed by atoms with Gasteiger partial charge in [0.1, 0.15) is 5.82 Å². The second-order valence-electron chi connectivity index (χ2n) is 8.40. The highest BCUT2D eigenvalue weighted by atomic mass is 16.2. The fourth-order valence-electron chi connectivity index (χ4n) is 4.32. The summed E-state index contributed by atoms with van der Waals surface area (Å²) in [6.45, 7) is 0.732. The van der Waals surface area contributed by atoms with E-state index >= 15 is 0 Å². The molecule has 0 spiro atoms. The quantitative estimate of drug-likeness (QED) is 0.454. The summed E-state index contributed by atoms with van der Waals surface area (Å²) >= 11 is 0. The normalized spacial score (nSPS) is 14.9. The molecule has 0 saturated carbocycles. The molecule has 0 unspecified atom stereocenters. The first-order valence-corrected chi connectivity index (χ1v) is 11.4. The number of nitrogens with zero attached hydrogens (tertiary/aromatic N) is 2. The molecule has 1 fully saturated rings. The zero-order valence-corrected chi connectivity index (χ0v) is 18.3. The van der Waals surface area contributed by atoms with E-state index in [0.717, 1.165) is 47.5 Å². The summed E-state index contributed by atoms with van der Waals surface area (Å²) in [6, 6.07) is 24.9. The number of para-hydroxylation sites is 2. The van der Waals surface area contributed by atoms with E-state index in [1.807, 2.05) is 66.7 Å². The van der Waals surface area contributed by atoms with Gasteiger partial charge in [-0.05, 0) is 61.2 Å². The summed E-state index contributed by atoms with van der Waals surface area (Å²) in [4.78, 5) is 35.2. The van der Waals surface area contributed by atoms with Crippen LogP contribution in [0, 0.1) is 0 Å². The first-order chi connectivity index (χ1) is 16.2. The smallest absolute Gasteiger partial charge is 0.251 e. The Morgan fingerprint density at radius 2 is 1.73 bits per heavy atom. The van der Waals surface area contributed by atoms with Crippen molar-refractivity contribution < 1.29 is 9.59 Å². The average molecular weight is 439 g/mol. The van der Waals surface area contributed by atoms with Gasteiger partial charge in [-0.3, -0.25) is 9.59 Å². The maximum absolute atomic E-state index is 13.2. The molecule has 1 aromatic heterocycles. The number of hydrogen-bond acceptors (Lipinski definition) is 3. The van der Waals surface area contributed by atoms with Gasteiger partial charge in [-0.15, -0.1) is 0 Å². The molecule has 0 aliphatic carbocycles. The molecule has 1 aliphatic heterocycles. The van der Waals surface area contributed by atoms with Gasteiger partial charge >= 0.3 is 0 Å². The highest BCUT2D eigenvalue weighted by Crippen LogP contribution is 2.23. The second kappa shape index (κ2) is 9.28. The number of aromatic amines is 1. The molecular weight excluding hydrogens is 412 g/mol. The number of piperidine rings is 1. The minimum Gasteiger partial charge on any atom is -0.342 e. The molecule has 6 nitrogen and oxygen atoms in total. The molecule has 3 aromatic carbocycles. The van der Waals surface area contributed by atoms with E-state index in [1.54, 1.807) is 17.0 Å². The third-order valence-electron chi connectivity index (χ3n) is 6.09. The van der Waals surface area contributed by atoms with Crippen molar-refractivity contribution in [3.05, 3.63) is 95.8 Å². The Morgan fingerprint density at radius 1 is 0.970 bits per heavy atom. The third kappa shape index (κ3) is 4.65. The van der Waals surface area contributed by atoms with E-state index in [1.165, 1.54) is 0 Å². The fraction of sp³-hybridized carbons (Fsp3) is 0.222. The number of nitrogens with one attached hydrogen (secondary N) is 2. The van der Waals surface area contributed by atoms with Crippen molar-refractivity contribution in [2.45, 2.75) is 31.7 Å². The number of benzene rings is 3. The molecule has 0 radical (unpaired) electrons. The standard InChI is InChI=1S/C27H26N4O2/c32-25-12-6-7-17-31(25)21-15-13-20(14-16-21)27(33)30-24(18-19-8-2-1-3-9-19)26-28-22-10-4-5-11-23(22)29-26/h1-5,8-11,13-16,24H,6-7,12,17-18H2,(H,28,29)(H,30,33)/t24-/m0/s1. The van der Waals surface area contributed by atoms with Crippen molar-refractivity contribution in [3.8, 4) is 0 Å². The minimum atomic E-state index is -0.310. The van der Waals surface area contributed by atoms with Crippen LogP contribution in [0.5, 0.6) is 0 Å². The van der Waals surface area contributed by atoms with Crippen LogP contribution in [0.4, 0.5) is 5.69 Å². The molecule has 2 N–H and O–H groups in total. The Bertz CT molecular complexity index is 1230. The van der Waals surface area contributed by atoms with Gasteiger partial charge in [0.2, 0.25) is 5.91 Å². The molecule has 1 saturated heterocycles. The molecule has 1 atom stereocenters. The van der Waals surface area contributed by atoms with Gasteiger partial charge < -0.3 is 15.2 Å². The number of H-pyrrole nitrogens is 1. The predicted octanol–water partition coefficient (Wildman–Crippen LogP) is 4.79. The zero-order valence-electron chi connectivity index (χ0n) is 18.3. The maximum Gasteiger partial charge on any atom is 0.251 e. The molecule has 6 heteroatoms. The van der Waals surface area contributed by atoms with Crippen molar-refractivity contribution in [1.29, 1.82) is 0 Å². The van der Waals surface area contributed by atoms with E-state index in [2.05, 4.69) is 10.3 Å². The number of carbonyl (C=O) groups excluding carboxylic acids is 2. The molecule has 4 aromatic rings. The van der Waals surface area contributed by atoms with Crippen LogP contribution in [0.2, 0.25) is 0 Å². The van der Waals surface area contributed by atoms with Crippen molar-refractivity contribution in [2.24, 2.45) is 0 Å². The van der Waals surface area contributed by atoms with Gasteiger partial charge in [0.05, 0.1) is 17.1 Å². The Kier molecular flexibility index (Phi) is 5.89. The molecule has 0 bridgehead atoms. The zero-order chi connectivity index (χ0) is 22.6. The lowest BCUT2D eigenvalue weighted by atomic mass is 10.0. The molecule has 166 valence electrons. The SMILES string of the molecule is O=C(N[C@@H](Cc1ccccc1)c1nc2ccccc2[nH]1)c1ccc(N2CCCCC2=O)cc1. The Morgan fingerprint density at radius 3 is 2.48 bits per heavy atom. The van der Waals surface area contributed by atoms with Crippen molar-refractivity contribution in [3.63, 3.8) is 0 Å². The van der Waals surface area contributed by atoms with Crippen LogP contribution in [-0.4, -0.2) is 28.3 Å². The predicted molar refractivity (Wildman–Crippen MR) is 129 cm³/mol. The number of fused-ring (bicyclic) bond motifs is 1. The third-order valence-corrected chi connectivity index (χ3v) is 6.09. The van der Waals surface area contributed by atoms with E-state index < -0.39 is 0 Å². The molecule has 1 aliphatic rings. The number of hydrogen-bond donors (Lipinski definition) is 2. The molecular formula is C27H26N4O2. The van der Waals surface area contributed by atoms with Gasteiger partial charge in [-0.1, -0.05) is 42.5 Å². The highest BCUT2D eigenvalue weighted by Gasteiger charge is 2.22. The Balaban J connectivity index is 1.37. The van der Waals surface area contributed by atoms with Crippen LogP contribution < -0.4 is 10.2 Å². The van der Waals surface area contributed by atoms with Crippen molar-refractivity contribution >= 4 is 28.5 Å². The minimum absolute atomic E-state index is 0.145. The summed E-state index contributed by atoms with van der Waals surface area (Å²) in [7, 11) is 0. The summed E-state index contributed by atoms with van der Waals surface area (Å²) in [5.41, 5.74) is 4.32. The van der Waals surface area contributed by atoms with Crippen LogP contribution in [0.3, 0.4) is 0 Å². The summed E-state index contributed by atoms with van der Waals surface area (Å²) < 4.78 is 0. The number of aromatic nitrogens is 2. The summed E-state index contributed by atoms with van der Waals surface area (Å²) in [5, 5.41) is 3.15. The van der Waals surface area contributed by atoms with Gasteiger partial charge in [-0.2, -0.15) is 0 Å². The Hall–Kier alpha value is -3.93. The number of amides is 2. The van der Waals surface area contributed by atoms with Crippen LogP contribution in [0.25, 0.3) is 11.0 Å². The van der Waals surface area contributed by atoms with Gasteiger partial charge in [-0.25, -0.2) is 4.98 Å². The topological polar surface area (TPSA) is 78.1 Å². The first-order valence-electron chi connectivity index (χ1n) is 11.4. The van der Waals surface area contributed by atoms with E-state index in [0.29, 0.717) is 18.4 Å². The van der Waals surface area contributed by atoms with E-state index in [4.69, 9.17) is 4.98 Å². The lowest BCUT2D eigenvalue weighted by Gasteiger charge is -2.26. The van der Waals surface area contributed by atoms with Crippen LogP contribution in [0.1, 0.15) is 47.1 Å². The monoisotopic (exact) mass is 438 g/mol. The number of rotatable bonds is 6. The number of carbonyl (C=O) groups is 2. The number of anilines is 1. The van der Waals surface area contributed by atoms with Gasteiger partial charge in [0.25, 0.3) is 5.91 Å². The molecule has 33 heavy (non-hydrogen) atoms. The maximum atomic E-state index is 13.2. The van der Waals surface area contributed by atoms with Gasteiger partial charge in [0, 0.05) is 24.2 Å². The lowest BCUT2D eigenvalue weighted by molar-refractivity contribution is -0.119. The average Bonchev–Trinajstić information content (AvgIpc) is 3.29. The molecule has 5 rings (SSSR count). The molecule has 2 amide bonds. The fourth-order valence-corrected chi connectivity index (χ4v) is 4.32. The molecule has 2 heterocycles. The van der Waals surface area contributed by atoms with Gasteiger partial charge in [0.15, 0.2) is 0 Å². The Labute approximate surface area is 192 Å². The second-order valence-corrected chi connectivity index (χ2v) is 8.40. The largest absolute Gasteiger partial charge is 0.342 e. The summed E-state index contributed by atoms with van der Waals surface area (Å²) in [6.07, 6.45) is 3.15. The van der Waals surface area contributed by atoms with Crippen LogP contribution in [0.15, 0.2) is 78.9 Å². The van der Waals surface area contributed by atoms with Crippen LogP contribution >= 0.6 is 0 Å². The van der Waals surface area contributed by atoms with Crippen molar-refractivity contribution in [2.75, 3.05) is 11.4 Å². The van der Waals surface area contributed by atoms with E-state index in [-0.39, 0.29) is 17.9 Å². The van der Waals surface area contributed by atoms with Crippen LogP contribution in [-0.2, 0) is 11.2 Å². The summed E-state index contributed by atoms with van der Waals surface area (Å²) in [5.74, 6) is 0.697. The lowest BCUT2D eigenvalue weighted by Crippen LogP contribution is -2.35. The highest BCUT2D eigenvalue weighted by molar-refractivity contribution is 5.97. The van der Waals surface area contributed by atoms with E-state index in [9.17, 15) is 9.59 Å². The van der Waals surface area contributed by atoms with Crippen molar-refractivity contribution in [1.82, 2.24) is 15.3 Å². The number of imidazole rings is 1. The first kappa shape index (κ1) is 20.9.